The highest BCUT2D eigenvalue weighted by Gasteiger charge is 2.16. The lowest BCUT2D eigenvalue weighted by atomic mass is 9.97. The van der Waals surface area contributed by atoms with Crippen molar-refractivity contribution in [1.82, 2.24) is 4.40 Å². The first-order chi connectivity index (χ1) is 16.6. The van der Waals surface area contributed by atoms with E-state index in [4.69, 9.17) is 0 Å². The van der Waals surface area contributed by atoms with Crippen molar-refractivity contribution in [3.8, 4) is 0 Å². The van der Waals surface area contributed by atoms with E-state index in [1.54, 1.807) is 0 Å². The van der Waals surface area contributed by atoms with Crippen molar-refractivity contribution in [2.75, 3.05) is 0 Å². The molecule has 2 heterocycles. The molecule has 1 nitrogen and oxygen atoms in total. The van der Waals surface area contributed by atoms with Crippen LogP contribution in [0.1, 0.15) is 16.7 Å². The maximum Gasteiger partial charge on any atom is 0.0620 e. The molecule has 7 aromatic rings. The monoisotopic (exact) mass is 435 g/mol. The average molecular weight is 436 g/mol. The van der Waals surface area contributed by atoms with Crippen LogP contribution in [0.5, 0.6) is 0 Å². The summed E-state index contributed by atoms with van der Waals surface area (Å²) in [6.07, 6.45) is 0. The van der Waals surface area contributed by atoms with Gasteiger partial charge in [-0.1, -0.05) is 72.3 Å². The molecule has 0 radical (unpaired) electrons. The Bertz CT molecular complexity index is 1990. The molecule has 0 aliphatic carbocycles. The second kappa shape index (κ2) is 6.95. The molecule has 0 saturated carbocycles. The minimum Gasteiger partial charge on any atom is -0.308 e. The lowest BCUT2D eigenvalue weighted by molar-refractivity contribution is 1.35. The van der Waals surface area contributed by atoms with Gasteiger partial charge < -0.3 is 4.40 Å². The molecule has 0 spiro atoms. The molecule has 0 saturated heterocycles. The van der Waals surface area contributed by atoms with E-state index in [0.29, 0.717) is 0 Å². The molecule has 1 heteroatoms. The molecule has 0 N–H and O–H groups in total. The molecule has 0 aliphatic rings. The zero-order valence-corrected chi connectivity index (χ0v) is 19.7. The van der Waals surface area contributed by atoms with Gasteiger partial charge in [0.05, 0.1) is 16.6 Å². The van der Waals surface area contributed by atoms with Gasteiger partial charge in [0.1, 0.15) is 0 Å². The number of benzene rings is 5. The highest BCUT2D eigenvalue weighted by molar-refractivity contribution is 6.25. The third kappa shape index (κ3) is 2.55. The molecule has 0 unspecified atom stereocenters. The van der Waals surface area contributed by atoms with Crippen molar-refractivity contribution in [2.24, 2.45) is 0 Å². The van der Waals surface area contributed by atoms with Crippen LogP contribution in [0.3, 0.4) is 0 Å². The Hall–Kier alpha value is -4.10. The molecule has 0 aliphatic heterocycles. The van der Waals surface area contributed by atoms with E-state index < -0.39 is 0 Å². The second-order valence-corrected chi connectivity index (χ2v) is 9.62. The Labute approximate surface area is 198 Å². The van der Waals surface area contributed by atoms with Gasteiger partial charge in [-0.25, -0.2) is 0 Å². The zero-order valence-electron chi connectivity index (χ0n) is 19.7. The molecule has 0 atom stereocenters. The smallest absolute Gasteiger partial charge is 0.0620 e. The Morgan fingerprint density at radius 2 is 1.03 bits per heavy atom. The van der Waals surface area contributed by atoms with E-state index in [9.17, 15) is 0 Å². The summed E-state index contributed by atoms with van der Waals surface area (Å²) < 4.78 is 2.51. The second-order valence-electron chi connectivity index (χ2n) is 9.62. The van der Waals surface area contributed by atoms with Crippen molar-refractivity contribution in [1.29, 1.82) is 0 Å². The number of fused-ring (bicyclic) bond motifs is 10. The van der Waals surface area contributed by atoms with Crippen molar-refractivity contribution in [2.45, 2.75) is 20.8 Å². The number of hydrogen-bond acceptors (Lipinski definition) is 0. The van der Waals surface area contributed by atoms with Gasteiger partial charge in [0.2, 0.25) is 0 Å². The lowest BCUT2D eigenvalue weighted by Gasteiger charge is -2.06. The maximum atomic E-state index is 2.51. The van der Waals surface area contributed by atoms with Crippen molar-refractivity contribution in [3.05, 3.63) is 114 Å². The fourth-order valence-corrected chi connectivity index (χ4v) is 5.94. The SMILES string of the molecule is Cc1ccc2c(c1)c1cc(C)cc3c4ccccc4c4cccc(C)c4c4ccccc4n2c31. The number of para-hydroxylation sites is 1. The van der Waals surface area contributed by atoms with Crippen LogP contribution < -0.4 is 0 Å². The summed E-state index contributed by atoms with van der Waals surface area (Å²) in [5.74, 6) is 0. The first-order valence-electron chi connectivity index (χ1n) is 12.0. The number of aryl methyl sites for hydroxylation is 3. The standard InChI is InChI=1S/C33H25N/c1-20-15-16-31-27(17-20)29-19-21(2)18-28-24-11-5-4-10-23(24)25-13-8-9-22(3)32(25)26-12-6-7-14-30(26)34(31)33(28)29/h4-19H,1-3H3. The van der Waals surface area contributed by atoms with E-state index in [-0.39, 0.29) is 0 Å². The van der Waals surface area contributed by atoms with E-state index in [0.717, 1.165) is 0 Å². The predicted molar refractivity (Wildman–Crippen MR) is 148 cm³/mol. The first kappa shape index (κ1) is 19.4. The van der Waals surface area contributed by atoms with E-state index in [1.807, 2.05) is 0 Å². The molecular formula is C33H25N. The van der Waals surface area contributed by atoms with Crippen LogP contribution in [-0.2, 0) is 0 Å². The van der Waals surface area contributed by atoms with Crippen LogP contribution in [0.4, 0.5) is 0 Å². The highest BCUT2D eigenvalue weighted by Crippen LogP contribution is 2.39. The molecule has 0 fully saturated rings. The fourth-order valence-electron chi connectivity index (χ4n) is 5.94. The van der Waals surface area contributed by atoms with Crippen molar-refractivity contribution < 1.29 is 0 Å². The zero-order chi connectivity index (χ0) is 23.0. The number of hydrogen-bond donors (Lipinski definition) is 0. The van der Waals surface area contributed by atoms with Crippen LogP contribution in [0.15, 0.2) is 97.1 Å². The molecule has 162 valence electrons. The Kier molecular flexibility index (Phi) is 3.96. The summed E-state index contributed by atoms with van der Waals surface area (Å²) in [6, 6.07) is 36.1. The van der Waals surface area contributed by atoms with Crippen molar-refractivity contribution in [3.63, 3.8) is 0 Å². The third-order valence-electron chi connectivity index (χ3n) is 7.36. The van der Waals surface area contributed by atoms with Gasteiger partial charge in [0, 0.05) is 21.5 Å². The maximum absolute atomic E-state index is 2.51. The summed E-state index contributed by atoms with van der Waals surface area (Å²) in [6.45, 7) is 6.64. The molecule has 2 aromatic heterocycles. The first-order valence-corrected chi connectivity index (χ1v) is 12.0. The normalized spacial score (nSPS) is 12.0. The van der Waals surface area contributed by atoms with Crippen LogP contribution >= 0.6 is 0 Å². The van der Waals surface area contributed by atoms with Gasteiger partial charge in [0.15, 0.2) is 0 Å². The quantitative estimate of drug-likeness (QED) is 0.224. The molecule has 7 rings (SSSR count). The third-order valence-corrected chi connectivity index (χ3v) is 7.36. The van der Waals surface area contributed by atoms with Gasteiger partial charge in [-0.2, -0.15) is 0 Å². The van der Waals surface area contributed by atoms with Crippen LogP contribution in [0, 0.1) is 20.8 Å². The van der Waals surface area contributed by atoms with Gasteiger partial charge >= 0.3 is 0 Å². The van der Waals surface area contributed by atoms with E-state index in [2.05, 4.69) is 122 Å². The van der Waals surface area contributed by atoms with Crippen LogP contribution in [0.25, 0.3) is 59.6 Å². The summed E-state index contributed by atoms with van der Waals surface area (Å²) in [4.78, 5) is 0. The van der Waals surface area contributed by atoms with Crippen LogP contribution in [-0.4, -0.2) is 4.40 Å². The molecule has 34 heavy (non-hydrogen) atoms. The minimum absolute atomic E-state index is 1.24. The largest absolute Gasteiger partial charge is 0.308 e. The van der Waals surface area contributed by atoms with E-state index in [1.165, 1.54) is 76.3 Å². The number of aromatic nitrogens is 1. The summed E-state index contributed by atoms with van der Waals surface area (Å²) in [5, 5.41) is 10.4. The Morgan fingerprint density at radius 1 is 0.441 bits per heavy atom. The summed E-state index contributed by atoms with van der Waals surface area (Å²) in [7, 11) is 0. The predicted octanol–water partition coefficient (Wildman–Crippen LogP) is 9.19. The summed E-state index contributed by atoms with van der Waals surface area (Å²) in [5.41, 5.74) is 7.66. The van der Waals surface area contributed by atoms with Gasteiger partial charge in [-0.15, -0.1) is 0 Å². The molecule has 5 aromatic carbocycles. The molecular weight excluding hydrogens is 410 g/mol. The Balaban J connectivity index is 2.04. The summed E-state index contributed by atoms with van der Waals surface area (Å²) >= 11 is 0. The number of rotatable bonds is 0. The van der Waals surface area contributed by atoms with Gasteiger partial charge in [0.25, 0.3) is 0 Å². The Morgan fingerprint density at radius 3 is 1.82 bits per heavy atom. The van der Waals surface area contributed by atoms with Crippen LogP contribution in [0.2, 0.25) is 0 Å². The van der Waals surface area contributed by atoms with Gasteiger partial charge in [-0.05, 0) is 83.8 Å². The fraction of sp³-hybridized carbons (Fsp3) is 0.0909. The highest BCUT2D eigenvalue weighted by atomic mass is 14.9. The lowest BCUT2D eigenvalue weighted by Crippen LogP contribution is -1.87. The average Bonchev–Trinajstić information content (AvgIpc) is 3.17. The molecule has 0 bridgehead atoms. The minimum atomic E-state index is 1.24. The number of nitrogens with zero attached hydrogens (tertiary/aromatic N) is 1. The van der Waals surface area contributed by atoms with Crippen molar-refractivity contribution >= 4 is 59.6 Å². The molecule has 0 amide bonds. The van der Waals surface area contributed by atoms with E-state index >= 15 is 0 Å². The van der Waals surface area contributed by atoms with Gasteiger partial charge in [-0.3, -0.25) is 0 Å². The topological polar surface area (TPSA) is 4.41 Å².